The fourth-order valence-electron chi connectivity index (χ4n) is 8.02. The van der Waals surface area contributed by atoms with E-state index < -0.39 is 0 Å². The van der Waals surface area contributed by atoms with E-state index in [0.717, 1.165) is 12.8 Å². The van der Waals surface area contributed by atoms with Gasteiger partial charge in [0.25, 0.3) is 0 Å². The Kier molecular flexibility index (Phi) is 6.04. The summed E-state index contributed by atoms with van der Waals surface area (Å²) in [5.41, 5.74) is 11.1. The molecule has 0 atom stereocenters. The molecule has 2 nitrogen and oxygen atoms in total. The van der Waals surface area contributed by atoms with Crippen LogP contribution in [-0.4, -0.2) is 9.13 Å². The zero-order valence-corrected chi connectivity index (χ0v) is 26.5. The third kappa shape index (κ3) is 4.06. The second kappa shape index (κ2) is 10.7. The lowest BCUT2D eigenvalue weighted by molar-refractivity contribution is 1.02. The molecule has 2 heteroatoms. The minimum absolute atomic E-state index is 1.08. The predicted molar refractivity (Wildman–Crippen MR) is 203 cm³/mol. The Bertz CT molecular complexity index is 2820. The molecule has 0 saturated carbocycles. The number of hydrogen-bond acceptors (Lipinski definition) is 0. The number of benzene rings is 7. The van der Waals surface area contributed by atoms with Crippen LogP contribution in [0.1, 0.15) is 12.8 Å². The Hall–Kier alpha value is -6.12. The Labute approximate surface area is 278 Å². The molecule has 0 N–H and O–H groups in total. The van der Waals surface area contributed by atoms with Crippen molar-refractivity contribution in [2.45, 2.75) is 12.8 Å². The van der Waals surface area contributed by atoms with Gasteiger partial charge >= 0.3 is 0 Å². The quantitative estimate of drug-likeness (QED) is 0.187. The molecule has 9 aromatic rings. The monoisotopic (exact) mass is 612 g/mol. The lowest BCUT2D eigenvalue weighted by atomic mass is 9.91. The molecule has 0 fully saturated rings. The zero-order chi connectivity index (χ0) is 31.6. The standard InChI is InChI=1S/C46H32N2/c1-3-13-33(14-4-1)47-43-21-11-9-19-39(43)41-29-31(23-27-45(41)47)35-25-26-36(38-18-8-7-17-37(35)38)32-24-28-46-42(30-32)40-20-10-12-22-44(40)48(46)34-15-5-2-6-16-34/h1-9,11,13-30H,10,12H2. The van der Waals surface area contributed by atoms with Crippen LogP contribution < -0.4 is 10.6 Å². The van der Waals surface area contributed by atoms with Gasteiger partial charge in [0.2, 0.25) is 0 Å². The largest absolute Gasteiger partial charge is 0.310 e. The third-order valence-electron chi connectivity index (χ3n) is 10.1. The first-order valence-electron chi connectivity index (χ1n) is 16.8. The SMILES string of the molecule is C1=c2c(n(-c3ccccc3)c3ccc(-c4ccc(-c5ccc6c(c5)c5ccccc5n6-c5ccccc5)c5ccccc45)cc23)=CCC1. The average Bonchev–Trinajstić information content (AvgIpc) is 3.67. The molecule has 2 aromatic heterocycles. The highest BCUT2D eigenvalue weighted by Crippen LogP contribution is 2.39. The molecule has 0 saturated heterocycles. The topological polar surface area (TPSA) is 9.86 Å². The molecule has 48 heavy (non-hydrogen) atoms. The number of rotatable bonds is 4. The molecular weight excluding hydrogens is 581 g/mol. The molecule has 0 amide bonds. The van der Waals surface area contributed by atoms with Gasteiger partial charge in [-0.25, -0.2) is 0 Å². The molecule has 10 rings (SSSR count). The number of aromatic nitrogens is 2. The average molecular weight is 613 g/mol. The second-order valence-electron chi connectivity index (χ2n) is 12.8. The molecule has 7 aromatic carbocycles. The van der Waals surface area contributed by atoms with Crippen LogP contribution in [0.2, 0.25) is 0 Å². The Morgan fingerprint density at radius 3 is 1.52 bits per heavy atom. The molecule has 0 unspecified atom stereocenters. The predicted octanol–water partition coefficient (Wildman–Crippen LogP) is 10.6. The fraction of sp³-hybridized carbons (Fsp3) is 0.0435. The van der Waals surface area contributed by atoms with Gasteiger partial charge < -0.3 is 9.13 Å². The van der Waals surface area contributed by atoms with Crippen LogP contribution in [-0.2, 0) is 0 Å². The summed E-state index contributed by atoms with van der Waals surface area (Å²) in [5, 5.41) is 9.06. The first-order chi connectivity index (χ1) is 23.8. The van der Waals surface area contributed by atoms with E-state index in [0.29, 0.717) is 0 Å². The number of hydrogen-bond donors (Lipinski definition) is 0. The smallest absolute Gasteiger partial charge is 0.0541 e. The summed E-state index contributed by atoms with van der Waals surface area (Å²) in [6.07, 6.45) is 6.98. The maximum Gasteiger partial charge on any atom is 0.0541 e. The van der Waals surface area contributed by atoms with Crippen molar-refractivity contribution < 1.29 is 0 Å². The molecule has 0 spiro atoms. The highest BCUT2D eigenvalue weighted by molar-refractivity contribution is 6.12. The van der Waals surface area contributed by atoms with Crippen molar-refractivity contribution in [1.82, 2.24) is 9.13 Å². The molecule has 0 radical (unpaired) electrons. The van der Waals surface area contributed by atoms with Gasteiger partial charge in [0, 0.05) is 38.1 Å². The highest BCUT2D eigenvalue weighted by atomic mass is 15.0. The van der Waals surface area contributed by atoms with Gasteiger partial charge in [0.15, 0.2) is 0 Å². The van der Waals surface area contributed by atoms with Crippen LogP contribution in [0, 0.1) is 0 Å². The van der Waals surface area contributed by atoms with Gasteiger partial charge in [0.05, 0.1) is 16.6 Å². The van der Waals surface area contributed by atoms with Crippen molar-refractivity contribution in [3.05, 3.63) is 168 Å². The first-order valence-corrected chi connectivity index (χ1v) is 16.8. The van der Waals surface area contributed by atoms with Gasteiger partial charge in [-0.2, -0.15) is 0 Å². The summed E-state index contributed by atoms with van der Waals surface area (Å²) in [5.74, 6) is 0. The normalized spacial score (nSPS) is 12.8. The summed E-state index contributed by atoms with van der Waals surface area (Å²) < 4.78 is 4.81. The lowest BCUT2D eigenvalue weighted by Crippen LogP contribution is -2.30. The zero-order valence-electron chi connectivity index (χ0n) is 26.5. The molecule has 0 aliphatic heterocycles. The molecule has 1 aliphatic carbocycles. The molecule has 1 aliphatic rings. The summed E-state index contributed by atoms with van der Waals surface area (Å²) >= 11 is 0. The number of nitrogens with zero attached hydrogens (tertiary/aromatic N) is 2. The van der Waals surface area contributed by atoms with Crippen LogP contribution in [0.5, 0.6) is 0 Å². The number of fused-ring (bicyclic) bond motifs is 7. The Balaban J connectivity index is 1.15. The maximum atomic E-state index is 2.43. The van der Waals surface area contributed by atoms with Gasteiger partial charge in [-0.1, -0.05) is 115 Å². The van der Waals surface area contributed by atoms with Crippen LogP contribution in [0.15, 0.2) is 158 Å². The van der Waals surface area contributed by atoms with E-state index in [1.54, 1.807) is 0 Å². The van der Waals surface area contributed by atoms with Crippen LogP contribution in [0.4, 0.5) is 0 Å². The Morgan fingerprint density at radius 1 is 0.354 bits per heavy atom. The summed E-state index contributed by atoms with van der Waals surface area (Å²) in [6, 6.07) is 57.7. The van der Waals surface area contributed by atoms with E-state index in [9.17, 15) is 0 Å². The minimum Gasteiger partial charge on any atom is -0.310 e. The summed E-state index contributed by atoms with van der Waals surface area (Å²) in [6.45, 7) is 0. The summed E-state index contributed by atoms with van der Waals surface area (Å²) in [7, 11) is 0. The van der Waals surface area contributed by atoms with E-state index in [4.69, 9.17) is 0 Å². The summed E-state index contributed by atoms with van der Waals surface area (Å²) in [4.78, 5) is 0. The van der Waals surface area contributed by atoms with Crippen molar-refractivity contribution in [3.63, 3.8) is 0 Å². The Morgan fingerprint density at radius 2 is 0.854 bits per heavy atom. The van der Waals surface area contributed by atoms with Gasteiger partial charge in [-0.05, 0) is 100 Å². The van der Waals surface area contributed by atoms with E-state index in [2.05, 4.69) is 179 Å². The van der Waals surface area contributed by atoms with Crippen molar-refractivity contribution in [1.29, 1.82) is 0 Å². The fourth-order valence-corrected chi connectivity index (χ4v) is 8.02. The van der Waals surface area contributed by atoms with Crippen LogP contribution in [0.25, 0.3) is 89.3 Å². The first kappa shape index (κ1) is 27.0. The van der Waals surface area contributed by atoms with Gasteiger partial charge in [-0.3, -0.25) is 0 Å². The van der Waals surface area contributed by atoms with E-state index in [1.165, 1.54) is 87.7 Å². The molecule has 0 bridgehead atoms. The maximum absolute atomic E-state index is 2.43. The van der Waals surface area contributed by atoms with Crippen molar-refractivity contribution in [3.8, 4) is 33.6 Å². The third-order valence-corrected chi connectivity index (χ3v) is 10.1. The second-order valence-corrected chi connectivity index (χ2v) is 12.8. The van der Waals surface area contributed by atoms with Gasteiger partial charge in [-0.15, -0.1) is 0 Å². The highest BCUT2D eigenvalue weighted by Gasteiger charge is 2.17. The van der Waals surface area contributed by atoms with E-state index >= 15 is 0 Å². The van der Waals surface area contributed by atoms with Crippen molar-refractivity contribution in [2.24, 2.45) is 0 Å². The van der Waals surface area contributed by atoms with Gasteiger partial charge in [0.1, 0.15) is 0 Å². The molecule has 2 heterocycles. The van der Waals surface area contributed by atoms with E-state index in [1.807, 2.05) is 0 Å². The lowest BCUT2D eigenvalue weighted by Gasteiger charge is -2.13. The molecular formula is C46H32N2. The number of para-hydroxylation sites is 3. The minimum atomic E-state index is 1.08. The van der Waals surface area contributed by atoms with Crippen molar-refractivity contribution >= 4 is 55.6 Å². The van der Waals surface area contributed by atoms with E-state index in [-0.39, 0.29) is 0 Å². The van der Waals surface area contributed by atoms with Crippen LogP contribution >= 0.6 is 0 Å². The molecule has 226 valence electrons. The van der Waals surface area contributed by atoms with Crippen LogP contribution in [0.3, 0.4) is 0 Å². The van der Waals surface area contributed by atoms with Crippen molar-refractivity contribution in [2.75, 3.05) is 0 Å².